The first-order valence-electron chi connectivity index (χ1n) is 6.38. The molecular formula is C12H21NO5. The van der Waals surface area contributed by atoms with Gasteiger partial charge in [-0.05, 0) is 27.7 Å². The van der Waals surface area contributed by atoms with Gasteiger partial charge in [0, 0.05) is 6.54 Å². The van der Waals surface area contributed by atoms with Crippen molar-refractivity contribution in [2.75, 3.05) is 6.54 Å². The van der Waals surface area contributed by atoms with Crippen molar-refractivity contribution in [2.45, 2.75) is 70.0 Å². The van der Waals surface area contributed by atoms with Crippen LogP contribution in [0.25, 0.3) is 0 Å². The summed E-state index contributed by atoms with van der Waals surface area (Å²) in [4.78, 5) is 0. The molecule has 2 unspecified atom stereocenters. The monoisotopic (exact) mass is 259 g/mol. The zero-order valence-corrected chi connectivity index (χ0v) is 11.2. The second kappa shape index (κ2) is 3.88. The van der Waals surface area contributed by atoms with Gasteiger partial charge in [-0.1, -0.05) is 0 Å². The van der Waals surface area contributed by atoms with E-state index in [0.29, 0.717) is 6.54 Å². The fourth-order valence-corrected chi connectivity index (χ4v) is 2.91. The maximum atomic E-state index is 5.93. The van der Waals surface area contributed by atoms with Crippen molar-refractivity contribution in [3.63, 3.8) is 0 Å². The van der Waals surface area contributed by atoms with E-state index in [0.717, 1.165) is 0 Å². The predicted octanol–water partition coefficient (Wildman–Crippen LogP) is 0.342. The van der Waals surface area contributed by atoms with E-state index in [-0.39, 0.29) is 24.4 Å². The van der Waals surface area contributed by atoms with Gasteiger partial charge >= 0.3 is 0 Å². The summed E-state index contributed by atoms with van der Waals surface area (Å²) in [5.41, 5.74) is 5.74. The standard InChI is InChI=1S/C12H21NO5/c1-11(2)15-6(5-13)7-8(16-11)9-10(14-7)18-12(3,4)17-9/h6-10H,5,13H2,1-4H3/t6?,7-,8?,9+,10-/m1/s1. The third-order valence-electron chi connectivity index (χ3n) is 3.48. The Labute approximate surface area is 107 Å². The van der Waals surface area contributed by atoms with E-state index < -0.39 is 17.9 Å². The highest BCUT2D eigenvalue weighted by atomic mass is 16.9. The molecule has 0 aromatic rings. The zero-order valence-electron chi connectivity index (χ0n) is 11.2. The lowest BCUT2D eigenvalue weighted by Crippen LogP contribution is -2.57. The average Bonchev–Trinajstić information content (AvgIpc) is 2.69. The Morgan fingerprint density at radius 2 is 1.44 bits per heavy atom. The topological polar surface area (TPSA) is 72.2 Å². The smallest absolute Gasteiger partial charge is 0.190 e. The number of hydrogen-bond acceptors (Lipinski definition) is 6. The summed E-state index contributed by atoms with van der Waals surface area (Å²) in [5, 5.41) is 0. The van der Waals surface area contributed by atoms with Crippen molar-refractivity contribution in [2.24, 2.45) is 5.73 Å². The Hall–Kier alpha value is -0.240. The zero-order chi connectivity index (χ0) is 13.1. The van der Waals surface area contributed by atoms with E-state index in [9.17, 15) is 0 Å². The Kier molecular flexibility index (Phi) is 2.75. The van der Waals surface area contributed by atoms with Gasteiger partial charge in [0.15, 0.2) is 17.9 Å². The second-order valence-corrected chi connectivity index (χ2v) is 5.94. The first-order valence-corrected chi connectivity index (χ1v) is 6.38. The van der Waals surface area contributed by atoms with Crippen LogP contribution in [-0.2, 0) is 23.7 Å². The summed E-state index contributed by atoms with van der Waals surface area (Å²) in [6, 6.07) is 0. The van der Waals surface area contributed by atoms with Gasteiger partial charge in [-0.3, -0.25) is 0 Å². The third kappa shape index (κ3) is 1.97. The lowest BCUT2D eigenvalue weighted by molar-refractivity contribution is -0.341. The van der Waals surface area contributed by atoms with Crippen LogP contribution in [0.1, 0.15) is 27.7 Å². The highest BCUT2D eigenvalue weighted by Gasteiger charge is 2.60. The molecule has 3 aliphatic heterocycles. The van der Waals surface area contributed by atoms with Gasteiger partial charge in [0.05, 0.1) is 0 Å². The molecule has 0 radical (unpaired) electrons. The summed E-state index contributed by atoms with van der Waals surface area (Å²) in [6.07, 6.45) is -1.24. The lowest BCUT2D eigenvalue weighted by atomic mass is 10.0. The average molecular weight is 259 g/mol. The van der Waals surface area contributed by atoms with Crippen molar-refractivity contribution in [3.05, 3.63) is 0 Å². The van der Waals surface area contributed by atoms with Gasteiger partial charge < -0.3 is 29.4 Å². The summed E-state index contributed by atoms with van der Waals surface area (Å²) in [7, 11) is 0. The van der Waals surface area contributed by atoms with Crippen molar-refractivity contribution in [1.29, 1.82) is 0 Å². The van der Waals surface area contributed by atoms with Crippen LogP contribution in [-0.4, -0.2) is 48.8 Å². The van der Waals surface area contributed by atoms with Crippen LogP contribution in [0.3, 0.4) is 0 Å². The molecule has 6 nitrogen and oxygen atoms in total. The summed E-state index contributed by atoms with van der Waals surface area (Å²) in [6.45, 7) is 7.88. The molecule has 18 heavy (non-hydrogen) atoms. The molecule has 104 valence electrons. The highest BCUT2D eigenvalue weighted by Crippen LogP contribution is 2.44. The number of hydrogen-bond donors (Lipinski definition) is 1. The number of nitrogens with two attached hydrogens (primary N) is 1. The van der Waals surface area contributed by atoms with Crippen LogP contribution < -0.4 is 5.73 Å². The number of rotatable bonds is 1. The largest absolute Gasteiger partial charge is 0.343 e. The minimum atomic E-state index is -0.681. The Balaban J connectivity index is 1.83. The highest BCUT2D eigenvalue weighted by molar-refractivity contribution is 5.00. The van der Waals surface area contributed by atoms with E-state index in [1.54, 1.807) is 0 Å². The van der Waals surface area contributed by atoms with Gasteiger partial charge in [-0.15, -0.1) is 0 Å². The van der Waals surface area contributed by atoms with Crippen LogP contribution in [0.5, 0.6) is 0 Å². The molecule has 3 rings (SSSR count). The molecule has 2 N–H and O–H groups in total. The lowest BCUT2D eigenvalue weighted by Gasteiger charge is -2.43. The Morgan fingerprint density at radius 3 is 2.11 bits per heavy atom. The molecule has 3 aliphatic rings. The molecular weight excluding hydrogens is 238 g/mol. The quantitative estimate of drug-likeness (QED) is 0.732. The molecule has 0 bridgehead atoms. The van der Waals surface area contributed by atoms with E-state index >= 15 is 0 Å². The van der Waals surface area contributed by atoms with E-state index in [1.165, 1.54) is 0 Å². The molecule has 6 heteroatoms. The van der Waals surface area contributed by atoms with E-state index in [4.69, 9.17) is 29.4 Å². The van der Waals surface area contributed by atoms with Crippen molar-refractivity contribution < 1.29 is 23.7 Å². The second-order valence-electron chi connectivity index (χ2n) is 5.94. The molecule has 5 atom stereocenters. The van der Waals surface area contributed by atoms with Gasteiger partial charge in [0.2, 0.25) is 0 Å². The Bertz CT molecular complexity index is 345. The van der Waals surface area contributed by atoms with Gasteiger partial charge in [-0.2, -0.15) is 0 Å². The maximum Gasteiger partial charge on any atom is 0.190 e. The molecule has 0 amide bonds. The predicted molar refractivity (Wildman–Crippen MR) is 61.6 cm³/mol. The summed E-state index contributed by atoms with van der Waals surface area (Å²) < 4.78 is 29.1. The molecule has 0 aromatic heterocycles. The van der Waals surface area contributed by atoms with E-state index in [1.807, 2.05) is 27.7 Å². The van der Waals surface area contributed by atoms with Crippen LogP contribution in [0.15, 0.2) is 0 Å². The maximum absolute atomic E-state index is 5.93. The van der Waals surface area contributed by atoms with Crippen LogP contribution in [0.2, 0.25) is 0 Å². The number of ether oxygens (including phenoxy) is 5. The van der Waals surface area contributed by atoms with Gasteiger partial charge in [0.1, 0.15) is 24.4 Å². The molecule has 0 spiro atoms. The van der Waals surface area contributed by atoms with Crippen LogP contribution in [0.4, 0.5) is 0 Å². The minimum Gasteiger partial charge on any atom is -0.343 e. The molecule has 3 saturated heterocycles. The van der Waals surface area contributed by atoms with Crippen molar-refractivity contribution in [3.8, 4) is 0 Å². The Morgan fingerprint density at radius 1 is 0.833 bits per heavy atom. The molecule has 0 saturated carbocycles. The third-order valence-corrected chi connectivity index (χ3v) is 3.48. The van der Waals surface area contributed by atoms with Crippen molar-refractivity contribution >= 4 is 0 Å². The number of fused-ring (bicyclic) bond motifs is 3. The molecule has 0 aromatic carbocycles. The first-order chi connectivity index (χ1) is 8.31. The van der Waals surface area contributed by atoms with Gasteiger partial charge in [0.25, 0.3) is 0 Å². The molecule has 0 aliphatic carbocycles. The normalized spacial score (nSPS) is 48.8. The van der Waals surface area contributed by atoms with Crippen LogP contribution >= 0.6 is 0 Å². The van der Waals surface area contributed by atoms with Crippen molar-refractivity contribution in [1.82, 2.24) is 0 Å². The fourth-order valence-electron chi connectivity index (χ4n) is 2.91. The SMILES string of the molecule is CC1(C)OC(CN)[C@H]2O[C@@H]3OC(C)(C)O[C@H]3C2O1. The fraction of sp³-hybridized carbons (Fsp3) is 1.00. The summed E-state index contributed by atoms with van der Waals surface area (Å²) >= 11 is 0. The van der Waals surface area contributed by atoms with Crippen LogP contribution in [0, 0.1) is 0 Å². The minimum absolute atomic E-state index is 0.195. The molecule has 3 heterocycles. The van der Waals surface area contributed by atoms with E-state index in [2.05, 4.69) is 0 Å². The first kappa shape index (κ1) is 12.8. The molecule has 3 fully saturated rings. The van der Waals surface area contributed by atoms with Gasteiger partial charge in [-0.25, -0.2) is 0 Å². The summed E-state index contributed by atoms with van der Waals surface area (Å²) in [5.74, 6) is -1.32.